The lowest BCUT2D eigenvalue weighted by Gasteiger charge is -2.62. The van der Waals surface area contributed by atoms with Gasteiger partial charge in [-0.3, -0.25) is 4.79 Å². The Kier molecular flexibility index (Phi) is 6.82. The number of amides is 1. The van der Waals surface area contributed by atoms with Crippen molar-refractivity contribution in [1.82, 2.24) is 5.32 Å². The Balaban J connectivity index is 1.18. The number of carbonyl (C=O) groups is 1. The van der Waals surface area contributed by atoms with Gasteiger partial charge in [0.25, 0.3) is 0 Å². The van der Waals surface area contributed by atoms with E-state index in [-0.39, 0.29) is 41.0 Å². The minimum absolute atomic E-state index is 0.0258. The van der Waals surface area contributed by atoms with Gasteiger partial charge in [-0.25, -0.2) is 4.79 Å². The van der Waals surface area contributed by atoms with E-state index in [0.29, 0.717) is 12.3 Å². The van der Waals surface area contributed by atoms with Gasteiger partial charge < -0.3 is 34.5 Å². The summed E-state index contributed by atoms with van der Waals surface area (Å²) in [6, 6.07) is 2.69. The molecule has 1 amide bonds. The number of fused-ring (bicyclic) bond motifs is 5. The van der Waals surface area contributed by atoms with Crippen LogP contribution in [0, 0.1) is 22.7 Å². The molecule has 11 unspecified atom stereocenters. The van der Waals surface area contributed by atoms with Crippen molar-refractivity contribution in [2.75, 3.05) is 6.61 Å². The molecule has 214 valence electrons. The van der Waals surface area contributed by atoms with Gasteiger partial charge in [-0.1, -0.05) is 25.5 Å². The minimum atomic E-state index is -1.25. The first-order valence-electron chi connectivity index (χ1n) is 14.5. The molecule has 6 rings (SSSR count). The van der Waals surface area contributed by atoms with Gasteiger partial charge in [-0.2, -0.15) is 0 Å². The fraction of sp³-hybridized carbons (Fsp3) is 0.733. The molecule has 3 saturated carbocycles. The highest BCUT2D eigenvalue weighted by Gasteiger charge is 2.66. The molecule has 1 aromatic rings. The third-order valence-corrected chi connectivity index (χ3v) is 11.5. The van der Waals surface area contributed by atoms with Crippen molar-refractivity contribution in [2.45, 2.75) is 107 Å². The van der Waals surface area contributed by atoms with Crippen molar-refractivity contribution in [3.05, 3.63) is 46.0 Å². The molecule has 4 fully saturated rings. The minimum Gasteiger partial charge on any atom is -0.431 e. The number of rotatable bonds is 5. The highest BCUT2D eigenvalue weighted by molar-refractivity contribution is 5.47. The molecule has 0 bridgehead atoms. The number of allylic oxidation sites excluding steroid dienone is 1. The fourth-order valence-corrected chi connectivity index (χ4v) is 9.20. The lowest BCUT2D eigenvalue weighted by Crippen LogP contribution is -2.60. The Labute approximate surface area is 228 Å². The molecule has 11 atom stereocenters. The summed E-state index contributed by atoms with van der Waals surface area (Å²) in [6.45, 7) is 4.66. The number of aliphatic hydroxyl groups excluding tert-OH is 2. The zero-order valence-electron chi connectivity index (χ0n) is 22.8. The van der Waals surface area contributed by atoms with Crippen LogP contribution in [0.3, 0.4) is 0 Å². The van der Waals surface area contributed by atoms with E-state index < -0.39 is 30.1 Å². The number of carbonyl (C=O) groups excluding carboxylic acids is 1. The first-order chi connectivity index (χ1) is 18.6. The first-order valence-corrected chi connectivity index (χ1v) is 14.5. The van der Waals surface area contributed by atoms with Crippen LogP contribution in [0.15, 0.2) is 39.3 Å². The summed E-state index contributed by atoms with van der Waals surface area (Å²) in [6.07, 6.45) is 7.78. The zero-order chi connectivity index (χ0) is 27.6. The predicted octanol–water partition coefficient (Wildman–Crippen LogP) is 2.38. The van der Waals surface area contributed by atoms with Gasteiger partial charge in [-0.15, -0.1) is 0 Å². The van der Waals surface area contributed by atoms with E-state index in [1.807, 2.05) is 6.07 Å². The van der Waals surface area contributed by atoms with Crippen molar-refractivity contribution in [3.8, 4) is 0 Å². The molecule has 1 aliphatic heterocycles. The quantitative estimate of drug-likeness (QED) is 0.328. The van der Waals surface area contributed by atoms with Gasteiger partial charge in [0, 0.05) is 11.5 Å². The van der Waals surface area contributed by atoms with Gasteiger partial charge in [-0.05, 0) is 86.2 Å². The lowest BCUT2D eigenvalue weighted by molar-refractivity contribution is -0.261. The Morgan fingerprint density at radius 1 is 1.05 bits per heavy atom. The third kappa shape index (κ3) is 4.15. The molecule has 0 spiro atoms. The molecule has 0 aromatic carbocycles. The van der Waals surface area contributed by atoms with Crippen LogP contribution in [-0.4, -0.2) is 64.6 Å². The second-order valence-electron chi connectivity index (χ2n) is 13.0. The topological polar surface area (TPSA) is 138 Å². The van der Waals surface area contributed by atoms with Gasteiger partial charge in [0.1, 0.15) is 12.2 Å². The lowest BCUT2D eigenvalue weighted by atomic mass is 9.45. The van der Waals surface area contributed by atoms with Crippen LogP contribution in [0.2, 0.25) is 0 Å². The van der Waals surface area contributed by atoms with E-state index in [1.165, 1.54) is 11.6 Å². The summed E-state index contributed by atoms with van der Waals surface area (Å²) in [5, 5.41) is 35.8. The van der Waals surface area contributed by atoms with Crippen molar-refractivity contribution in [1.29, 1.82) is 0 Å². The van der Waals surface area contributed by atoms with Crippen LogP contribution in [0.5, 0.6) is 0 Å². The van der Waals surface area contributed by atoms with Crippen molar-refractivity contribution in [2.24, 2.45) is 22.7 Å². The Morgan fingerprint density at radius 2 is 1.87 bits per heavy atom. The van der Waals surface area contributed by atoms with E-state index in [0.717, 1.165) is 56.9 Å². The van der Waals surface area contributed by atoms with Gasteiger partial charge in [0.2, 0.25) is 6.41 Å². The molecule has 9 heteroatoms. The van der Waals surface area contributed by atoms with Gasteiger partial charge >= 0.3 is 5.63 Å². The molecule has 1 saturated heterocycles. The van der Waals surface area contributed by atoms with E-state index in [9.17, 15) is 24.9 Å². The van der Waals surface area contributed by atoms with E-state index in [2.05, 4.69) is 25.2 Å². The maximum absolute atomic E-state index is 12.4. The number of aliphatic hydroxyl groups is 3. The Morgan fingerprint density at radius 3 is 2.62 bits per heavy atom. The normalized spacial score (nSPS) is 47.4. The molecule has 4 aliphatic carbocycles. The van der Waals surface area contributed by atoms with E-state index >= 15 is 0 Å². The van der Waals surface area contributed by atoms with Crippen LogP contribution in [0.4, 0.5) is 0 Å². The standard InChI is InChI=1S/C30H41NO8/c1-28-10-7-19(39-27-26(35)25(34)23(15-38-27)31-16-32)13-18(28)4-5-22-21(28)8-11-29(2)20(9-12-30(22,29)36)17-3-6-24(33)37-14-17/h3,6,13-14,16,19-23,25-27,34-36H,4-5,7-12,15H2,1-2H3,(H,31,32). The Hall–Kier alpha value is -2.04. The highest BCUT2D eigenvalue weighted by atomic mass is 16.7. The van der Waals surface area contributed by atoms with Crippen molar-refractivity contribution >= 4 is 6.41 Å². The number of ether oxygens (including phenoxy) is 2. The molecule has 2 heterocycles. The maximum atomic E-state index is 12.4. The average molecular weight is 544 g/mol. The van der Waals surface area contributed by atoms with Crippen LogP contribution in [0.1, 0.15) is 76.7 Å². The molecule has 5 aliphatic rings. The number of hydrogen-bond acceptors (Lipinski definition) is 8. The van der Waals surface area contributed by atoms with Crippen molar-refractivity contribution < 1.29 is 34.0 Å². The second kappa shape index (κ2) is 9.80. The number of hydrogen-bond donors (Lipinski definition) is 4. The zero-order valence-corrected chi connectivity index (χ0v) is 22.8. The molecule has 1 aromatic heterocycles. The van der Waals surface area contributed by atoms with E-state index in [1.54, 1.807) is 6.26 Å². The molecular weight excluding hydrogens is 502 g/mol. The predicted molar refractivity (Wildman–Crippen MR) is 140 cm³/mol. The maximum Gasteiger partial charge on any atom is 0.335 e. The van der Waals surface area contributed by atoms with E-state index in [4.69, 9.17) is 13.9 Å². The molecule has 39 heavy (non-hydrogen) atoms. The summed E-state index contributed by atoms with van der Waals surface area (Å²) in [7, 11) is 0. The van der Waals surface area contributed by atoms with Crippen LogP contribution >= 0.6 is 0 Å². The van der Waals surface area contributed by atoms with Crippen LogP contribution in [0.25, 0.3) is 0 Å². The first kappa shape index (κ1) is 27.1. The third-order valence-electron chi connectivity index (χ3n) is 11.5. The summed E-state index contributed by atoms with van der Waals surface area (Å²) >= 11 is 0. The van der Waals surface area contributed by atoms with Gasteiger partial charge in [0.05, 0.1) is 30.6 Å². The Bertz CT molecular complexity index is 1160. The second-order valence-corrected chi connectivity index (χ2v) is 13.0. The molecular formula is C30H41NO8. The summed E-state index contributed by atoms with van der Waals surface area (Å²) in [5.41, 5.74) is 0.968. The SMILES string of the molecule is CC12CCC(OC3OCC(NC=O)C(O)C3O)C=C1CCC1C2CCC2(C)C(c3ccc(=O)oc3)CCC12O. The average Bonchev–Trinajstić information content (AvgIpc) is 3.20. The fourth-order valence-electron chi connectivity index (χ4n) is 9.20. The molecule has 0 radical (unpaired) electrons. The highest BCUT2D eigenvalue weighted by Crippen LogP contribution is 2.70. The summed E-state index contributed by atoms with van der Waals surface area (Å²) < 4.78 is 17.0. The smallest absolute Gasteiger partial charge is 0.335 e. The molecule has 9 nitrogen and oxygen atoms in total. The monoisotopic (exact) mass is 543 g/mol. The van der Waals surface area contributed by atoms with Crippen LogP contribution in [-0.2, 0) is 14.3 Å². The number of nitrogens with one attached hydrogen (secondary N) is 1. The summed E-state index contributed by atoms with van der Waals surface area (Å²) in [4.78, 5) is 22.3. The largest absolute Gasteiger partial charge is 0.431 e. The van der Waals surface area contributed by atoms with Crippen molar-refractivity contribution in [3.63, 3.8) is 0 Å². The molecule has 4 N–H and O–H groups in total. The summed E-state index contributed by atoms with van der Waals surface area (Å²) in [5.74, 6) is 0.746. The van der Waals surface area contributed by atoms with Crippen LogP contribution < -0.4 is 10.9 Å². The van der Waals surface area contributed by atoms with Gasteiger partial charge in [0.15, 0.2) is 6.29 Å².